The molecule has 4 aliphatic carbocycles. The molecule has 4 bridgehead atoms. The minimum Gasteiger partial charge on any atom is -0.481 e. The van der Waals surface area contributed by atoms with Gasteiger partial charge in [-0.15, -0.1) is 0 Å². The molecule has 0 aliphatic heterocycles. The van der Waals surface area contributed by atoms with Crippen molar-refractivity contribution in [3.8, 4) is 0 Å². The van der Waals surface area contributed by atoms with Crippen molar-refractivity contribution < 1.29 is 39.3 Å². The predicted molar refractivity (Wildman–Crippen MR) is 150 cm³/mol. The maximum Gasteiger partial charge on any atom is 0.326 e. The molecule has 5 atom stereocenters. The van der Waals surface area contributed by atoms with E-state index in [-0.39, 0.29) is 24.2 Å². The van der Waals surface area contributed by atoms with Crippen molar-refractivity contribution in [3.63, 3.8) is 0 Å². The predicted octanol–water partition coefficient (Wildman–Crippen LogP) is 1.01. The number of aliphatic hydroxyl groups is 1. The van der Waals surface area contributed by atoms with Gasteiger partial charge in [-0.3, -0.25) is 19.2 Å². The Bertz CT molecular complexity index is 949. The molecule has 232 valence electrons. The molecule has 7 N–H and O–H groups in total. The summed E-state index contributed by atoms with van der Waals surface area (Å²) in [5, 5.41) is 39.4. The third kappa shape index (κ3) is 8.88. The topological polar surface area (TPSA) is 194 Å². The second-order valence-corrected chi connectivity index (χ2v) is 13.1. The molecule has 41 heavy (non-hydrogen) atoms. The number of nitrogens with one attached hydrogen (secondary N) is 4. The van der Waals surface area contributed by atoms with Crippen molar-refractivity contribution in [2.75, 3.05) is 6.54 Å². The highest BCUT2D eigenvalue weighted by molar-refractivity contribution is 5.94. The van der Waals surface area contributed by atoms with Gasteiger partial charge in [0.25, 0.3) is 0 Å². The van der Waals surface area contributed by atoms with Crippen LogP contribution in [-0.4, -0.2) is 81.8 Å². The smallest absolute Gasteiger partial charge is 0.326 e. The summed E-state index contributed by atoms with van der Waals surface area (Å²) in [5.41, 5.74) is 0.281. The molecule has 0 radical (unpaired) electrons. The largest absolute Gasteiger partial charge is 0.481 e. The Morgan fingerprint density at radius 1 is 0.780 bits per heavy atom. The molecule has 12 nitrogen and oxygen atoms in total. The summed E-state index contributed by atoms with van der Waals surface area (Å²) in [4.78, 5) is 61.4. The molecule has 0 saturated heterocycles. The summed E-state index contributed by atoms with van der Waals surface area (Å²) in [6, 6.07) is -4.57. The SMILES string of the molecule is CC(C)[C@H](NC(=O)[C@H](C)NC(=O)[C@@H](NC(=O)[C@H](CCC(=O)O)NCCC12CC3CC(CC(C3)C1)C2)[C@@H](C)O)C(=O)O. The quantitative estimate of drug-likeness (QED) is 0.139. The van der Waals surface area contributed by atoms with Gasteiger partial charge in [0.2, 0.25) is 17.7 Å². The van der Waals surface area contributed by atoms with Crippen LogP contribution in [0.2, 0.25) is 0 Å². The summed E-state index contributed by atoms with van der Waals surface area (Å²) >= 11 is 0. The summed E-state index contributed by atoms with van der Waals surface area (Å²) in [6.45, 7) is 6.52. The van der Waals surface area contributed by atoms with Crippen LogP contribution in [0.25, 0.3) is 0 Å². The van der Waals surface area contributed by atoms with E-state index in [4.69, 9.17) is 0 Å². The summed E-state index contributed by atoms with van der Waals surface area (Å²) < 4.78 is 0. The van der Waals surface area contributed by atoms with Gasteiger partial charge in [-0.2, -0.15) is 0 Å². The first-order valence-electron chi connectivity index (χ1n) is 15.0. The second kappa shape index (κ2) is 14.0. The van der Waals surface area contributed by atoms with Crippen LogP contribution < -0.4 is 21.3 Å². The average Bonchev–Trinajstić information content (AvgIpc) is 2.85. The minimum absolute atomic E-state index is 0.0147. The third-order valence-electron chi connectivity index (χ3n) is 9.22. The van der Waals surface area contributed by atoms with Crippen LogP contribution in [0.1, 0.15) is 85.5 Å². The molecule has 4 aliphatic rings. The Morgan fingerprint density at radius 3 is 1.78 bits per heavy atom. The van der Waals surface area contributed by atoms with E-state index in [2.05, 4.69) is 21.3 Å². The third-order valence-corrected chi connectivity index (χ3v) is 9.22. The van der Waals surface area contributed by atoms with Crippen LogP contribution >= 0.6 is 0 Å². The number of carbonyl (C=O) groups excluding carboxylic acids is 3. The van der Waals surface area contributed by atoms with Crippen molar-refractivity contribution in [1.82, 2.24) is 21.3 Å². The number of carboxylic acids is 2. The standard InChI is InChI=1S/C29H48N4O8/c1-15(2)23(28(40)41)32-25(37)16(3)31-27(39)24(17(4)34)33-26(38)21(5-6-22(35)36)30-8-7-29-12-18-9-19(13-29)11-20(10-18)14-29/h15-21,23-24,30,34H,5-14H2,1-4H3,(H,31,39)(H,32,37)(H,33,38)(H,35,36)(H,40,41)/t16-,17+,18?,19?,20?,21-,23-,24-,29?/m0/s1. The molecule has 12 heteroatoms. The molecule has 3 amide bonds. The Kier molecular flexibility index (Phi) is 11.2. The van der Waals surface area contributed by atoms with Crippen molar-refractivity contribution in [1.29, 1.82) is 0 Å². The summed E-state index contributed by atoms with van der Waals surface area (Å²) in [6.07, 6.45) is 7.00. The summed E-state index contributed by atoms with van der Waals surface area (Å²) in [5.74, 6) is -2.41. The highest BCUT2D eigenvalue weighted by Gasteiger charge is 2.50. The Hall–Kier alpha value is -2.73. The first-order valence-corrected chi connectivity index (χ1v) is 15.0. The number of amides is 3. The second-order valence-electron chi connectivity index (χ2n) is 13.1. The Balaban J connectivity index is 1.58. The molecule has 0 aromatic rings. The zero-order valence-corrected chi connectivity index (χ0v) is 24.7. The molecule has 0 heterocycles. The lowest BCUT2D eigenvalue weighted by atomic mass is 9.49. The highest BCUT2D eigenvalue weighted by atomic mass is 16.4. The van der Waals surface area contributed by atoms with Crippen molar-refractivity contribution in [2.45, 2.75) is 116 Å². The molecule has 0 spiro atoms. The first-order chi connectivity index (χ1) is 19.2. The molecular weight excluding hydrogens is 532 g/mol. The number of hydrogen-bond donors (Lipinski definition) is 7. The van der Waals surface area contributed by atoms with E-state index in [1.165, 1.54) is 52.4 Å². The molecule has 4 fully saturated rings. The maximum absolute atomic E-state index is 13.2. The lowest BCUT2D eigenvalue weighted by Gasteiger charge is -2.57. The molecule has 4 rings (SSSR count). The lowest BCUT2D eigenvalue weighted by Crippen LogP contribution is -2.60. The van der Waals surface area contributed by atoms with Gasteiger partial charge in [-0.25, -0.2) is 4.79 Å². The Labute approximate surface area is 241 Å². The van der Waals surface area contributed by atoms with E-state index in [0.717, 1.165) is 24.2 Å². The van der Waals surface area contributed by atoms with Gasteiger partial charge >= 0.3 is 11.9 Å². The number of carboxylic acid groups (broad SMARTS) is 2. The van der Waals surface area contributed by atoms with E-state index in [9.17, 15) is 39.3 Å². The van der Waals surface area contributed by atoms with Gasteiger partial charge in [0.05, 0.1) is 12.1 Å². The van der Waals surface area contributed by atoms with Crippen molar-refractivity contribution >= 4 is 29.7 Å². The van der Waals surface area contributed by atoms with Gasteiger partial charge in [0.1, 0.15) is 18.1 Å². The first kappa shape index (κ1) is 32.8. The van der Waals surface area contributed by atoms with Crippen LogP contribution in [0.3, 0.4) is 0 Å². The molecular formula is C29H48N4O8. The minimum atomic E-state index is -1.41. The van der Waals surface area contributed by atoms with Crippen LogP contribution in [0.15, 0.2) is 0 Å². The fourth-order valence-corrected chi connectivity index (χ4v) is 7.52. The monoisotopic (exact) mass is 580 g/mol. The van der Waals surface area contributed by atoms with E-state index >= 15 is 0 Å². The van der Waals surface area contributed by atoms with E-state index in [1.54, 1.807) is 13.8 Å². The molecule has 0 aromatic carbocycles. The van der Waals surface area contributed by atoms with E-state index in [0.29, 0.717) is 6.54 Å². The molecule has 4 saturated carbocycles. The molecule has 0 unspecified atom stereocenters. The number of aliphatic carboxylic acids is 2. The Morgan fingerprint density at radius 2 is 1.32 bits per heavy atom. The van der Waals surface area contributed by atoms with Gasteiger partial charge < -0.3 is 36.6 Å². The van der Waals surface area contributed by atoms with E-state index < -0.39 is 59.9 Å². The number of carbonyl (C=O) groups is 5. The van der Waals surface area contributed by atoms with Crippen LogP contribution in [0.5, 0.6) is 0 Å². The van der Waals surface area contributed by atoms with E-state index in [1.807, 2.05) is 0 Å². The van der Waals surface area contributed by atoms with Crippen molar-refractivity contribution in [3.05, 3.63) is 0 Å². The zero-order valence-electron chi connectivity index (χ0n) is 24.7. The normalized spacial score (nSPS) is 28.3. The highest BCUT2D eigenvalue weighted by Crippen LogP contribution is 2.61. The number of rotatable bonds is 16. The van der Waals surface area contributed by atoms with Gasteiger partial charge in [0.15, 0.2) is 0 Å². The fraction of sp³-hybridized carbons (Fsp3) is 0.828. The van der Waals surface area contributed by atoms with Gasteiger partial charge in [-0.05, 0) is 101 Å². The molecule has 0 aromatic heterocycles. The van der Waals surface area contributed by atoms with Gasteiger partial charge in [-0.1, -0.05) is 13.8 Å². The number of hydrogen-bond acceptors (Lipinski definition) is 7. The van der Waals surface area contributed by atoms with Crippen LogP contribution in [-0.2, 0) is 24.0 Å². The zero-order chi connectivity index (χ0) is 30.5. The van der Waals surface area contributed by atoms with Crippen LogP contribution in [0, 0.1) is 29.1 Å². The average molecular weight is 581 g/mol. The van der Waals surface area contributed by atoms with Crippen LogP contribution in [0.4, 0.5) is 0 Å². The number of aliphatic hydroxyl groups excluding tert-OH is 1. The summed E-state index contributed by atoms with van der Waals surface area (Å²) in [7, 11) is 0. The van der Waals surface area contributed by atoms with Crippen molar-refractivity contribution in [2.24, 2.45) is 29.1 Å². The fourth-order valence-electron chi connectivity index (χ4n) is 7.52. The lowest BCUT2D eigenvalue weighted by molar-refractivity contribution is -0.143. The maximum atomic E-state index is 13.2. The van der Waals surface area contributed by atoms with Gasteiger partial charge in [0, 0.05) is 6.42 Å².